The minimum absolute atomic E-state index is 0.100. The first kappa shape index (κ1) is 8.25. The first-order valence-electron chi connectivity index (χ1n) is 2.52. The van der Waals surface area contributed by atoms with E-state index in [-0.39, 0.29) is 12.9 Å². The van der Waals surface area contributed by atoms with E-state index in [0.29, 0.717) is 0 Å². The number of nitrogens with one attached hydrogen (secondary N) is 1. The summed E-state index contributed by atoms with van der Waals surface area (Å²) in [6, 6.07) is -0.657. The van der Waals surface area contributed by atoms with Gasteiger partial charge in [0.15, 0.2) is 0 Å². The highest BCUT2D eigenvalue weighted by Crippen LogP contribution is 1.78. The third kappa shape index (κ3) is 7.25. The molecule has 0 saturated carbocycles. The first-order valence-corrected chi connectivity index (χ1v) is 2.52. The molecule has 0 fully saturated rings. The van der Waals surface area contributed by atoms with E-state index in [1.54, 1.807) is 0 Å². The van der Waals surface area contributed by atoms with Gasteiger partial charge in [-0.3, -0.25) is 0 Å². The Morgan fingerprint density at radius 2 is 2.22 bits per heavy atom. The normalized spacial score (nSPS) is 8.67. The molecule has 52 valence electrons. The molecule has 0 aromatic rings. The van der Waals surface area contributed by atoms with Gasteiger partial charge in [0.2, 0.25) is 0 Å². The molecule has 9 heavy (non-hydrogen) atoms. The van der Waals surface area contributed by atoms with Crippen molar-refractivity contribution in [1.29, 1.82) is 0 Å². The molecule has 0 unspecified atom stereocenters. The lowest BCUT2D eigenvalue weighted by molar-refractivity contribution is 0.249. The van der Waals surface area contributed by atoms with E-state index >= 15 is 0 Å². The molecule has 0 aliphatic rings. The molecule has 5 N–H and O–H groups in total. The van der Waals surface area contributed by atoms with Crippen molar-refractivity contribution < 1.29 is 14.8 Å². The van der Waals surface area contributed by atoms with Gasteiger partial charge in [0.25, 0.3) is 0 Å². The number of amides is 2. The Bertz CT molecular complexity index is 97.1. The summed E-state index contributed by atoms with van der Waals surface area (Å²) in [5, 5.41) is 18.7. The van der Waals surface area contributed by atoms with Crippen LogP contribution in [0.3, 0.4) is 0 Å². The van der Waals surface area contributed by atoms with Gasteiger partial charge in [-0.15, -0.1) is 0 Å². The van der Waals surface area contributed by atoms with Gasteiger partial charge in [-0.2, -0.15) is 0 Å². The minimum atomic E-state index is -1.38. The third-order valence-corrected chi connectivity index (χ3v) is 0.702. The predicted molar refractivity (Wildman–Crippen MR) is 32.6 cm³/mol. The van der Waals surface area contributed by atoms with Crippen molar-refractivity contribution in [2.24, 2.45) is 5.73 Å². The van der Waals surface area contributed by atoms with Crippen LogP contribution >= 0.6 is 0 Å². The summed E-state index contributed by atoms with van der Waals surface area (Å²) in [7, 11) is -1.38. The average molecular weight is 132 g/mol. The van der Waals surface area contributed by atoms with E-state index < -0.39 is 13.1 Å². The molecule has 0 bridgehead atoms. The van der Waals surface area contributed by atoms with Crippen molar-refractivity contribution in [1.82, 2.24) is 5.32 Å². The highest BCUT2D eigenvalue weighted by Gasteiger charge is 2.04. The Morgan fingerprint density at radius 1 is 1.67 bits per heavy atom. The van der Waals surface area contributed by atoms with Crippen molar-refractivity contribution in [2.45, 2.75) is 6.32 Å². The van der Waals surface area contributed by atoms with E-state index in [2.05, 4.69) is 11.1 Å². The lowest BCUT2D eigenvalue weighted by Crippen LogP contribution is -2.32. The van der Waals surface area contributed by atoms with E-state index in [0.717, 1.165) is 0 Å². The maximum absolute atomic E-state index is 9.93. The van der Waals surface area contributed by atoms with Crippen LogP contribution in [0.2, 0.25) is 6.32 Å². The van der Waals surface area contributed by atoms with Gasteiger partial charge in [-0.1, -0.05) is 0 Å². The van der Waals surface area contributed by atoms with Gasteiger partial charge >= 0.3 is 13.1 Å². The van der Waals surface area contributed by atoms with Gasteiger partial charge in [-0.05, 0) is 6.32 Å². The van der Waals surface area contributed by atoms with Gasteiger partial charge < -0.3 is 21.1 Å². The van der Waals surface area contributed by atoms with Crippen molar-refractivity contribution in [2.75, 3.05) is 6.54 Å². The van der Waals surface area contributed by atoms with Crippen LogP contribution < -0.4 is 11.1 Å². The number of hydrogen-bond donors (Lipinski definition) is 4. The largest absolute Gasteiger partial charge is 0.453 e. The summed E-state index contributed by atoms with van der Waals surface area (Å²) in [6.07, 6.45) is 0.100. The fourth-order valence-electron chi connectivity index (χ4n) is 0.324. The first-order chi connectivity index (χ1) is 4.13. The molecule has 0 aromatic heterocycles. The van der Waals surface area contributed by atoms with Crippen LogP contribution in [0, 0.1) is 0 Å². The lowest BCUT2D eigenvalue weighted by Gasteiger charge is -1.98. The molecule has 0 radical (unpaired) electrons. The highest BCUT2D eigenvalue weighted by molar-refractivity contribution is 6.41. The fraction of sp³-hybridized carbons (Fsp3) is 0.667. The van der Waals surface area contributed by atoms with Crippen LogP contribution in [0.1, 0.15) is 0 Å². The summed E-state index contributed by atoms with van der Waals surface area (Å²) in [6.45, 7) is 0.188. The number of carbonyl (C=O) groups excluding carboxylic acids is 1. The molecule has 0 aromatic carbocycles. The van der Waals surface area contributed by atoms with Crippen LogP contribution in [0.25, 0.3) is 0 Å². The zero-order valence-corrected chi connectivity index (χ0v) is 4.87. The topological polar surface area (TPSA) is 95.6 Å². The Labute approximate surface area is 53.0 Å². The Balaban J connectivity index is 3.01. The van der Waals surface area contributed by atoms with Crippen LogP contribution in [-0.4, -0.2) is 29.7 Å². The van der Waals surface area contributed by atoms with Crippen molar-refractivity contribution >= 4 is 13.1 Å². The quantitative estimate of drug-likeness (QED) is 0.338. The maximum atomic E-state index is 9.93. The van der Waals surface area contributed by atoms with Gasteiger partial charge in [0.05, 0.1) is 0 Å². The van der Waals surface area contributed by atoms with E-state index in [9.17, 15) is 4.79 Å². The second-order valence-corrected chi connectivity index (χ2v) is 1.56. The van der Waals surface area contributed by atoms with Crippen molar-refractivity contribution in [3.05, 3.63) is 0 Å². The number of nitrogens with two attached hydrogens (primary N) is 1. The van der Waals surface area contributed by atoms with Crippen LogP contribution in [0.5, 0.6) is 0 Å². The standard InChI is InChI=1S/C3H9BN2O3/c5-3(7)6-2-1-4(8)9/h8-9H,1-2H2,(H3,5,6,7). The molecule has 5 nitrogen and oxygen atoms in total. The Hall–Kier alpha value is -0.745. The molecular formula is C3H9BN2O3. The van der Waals surface area contributed by atoms with E-state index in [4.69, 9.17) is 10.0 Å². The zero-order chi connectivity index (χ0) is 7.28. The zero-order valence-electron chi connectivity index (χ0n) is 4.87. The monoisotopic (exact) mass is 132 g/mol. The summed E-state index contributed by atoms with van der Waals surface area (Å²) < 4.78 is 0. The SMILES string of the molecule is NC(=O)NCCB(O)O. The molecule has 2 amide bonds. The molecular weight excluding hydrogens is 123 g/mol. The molecule has 0 saturated heterocycles. The summed E-state index contributed by atoms with van der Waals surface area (Å²) >= 11 is 0. The second-order valence-electron chi connectivity index (χ2n) is 1.56. The molecule has 0 aliphatic carbocycles. The van der Waals surface area contributed by atoms with Crippen LogP contribution in [0.4, 0.5) is 4.79 Å². The van der Waals surface area contributed by atoms with Crippen LogP contribution in [0.15, 0.2) is 0 Å². The van der Waals surface area contributed by atoms with E-state index in [1.165, 1.54) is 0 Å². The maximum Gasteiger partial charge on any atom is 0.453 e. The smallest absolute Gasteiger partial charge is 0.427 e. The lowest BCUT2D eigenvalue weighted by atomic mass is 9.87. The Kier molecular flexibility index (Phi) is 3.82. The fourth-order valence-corrected chi connectivity index (χ4v) is 0.324. The van der Waals surface area contributed by atoms with Crippen molar-refractivity contribution in [3.8, 4) is 0 Å². The van der Waals surface area contributed by atoms with Gasteiger partial charge in [-0.25, -0.2) is 4.79 Å². The number of primary amides is 1. The molecule has 0 spiro atoms. The molecule has 0 heterocycles. The third-order valence-electron chi connectivity index (χ3n) is 0.702. The van der Waals surface area contributed by atoms with Gasteiger partial charge in [0.1, 0.15) is 0 Å². The van der Waals surface area contributed by atoms with E-state index in [1.807, 2.05) is 0 Å². The summed E-state index contributed by atoms with van der Waals surface area (Å²) in [5.41, 5.74) is 4.67. The highest BCUT2D eigenvalue weighted by atomic mass is 16.4. The molecule has 0 aliphatic heterocycles. The number of carbonyl (C=O) groups is 1. The Morgan fingerprint density at radius 3 is 2.56 bits per heavy atom. The minimum Gasteiger partial charge on any atom is -0.427 e. The van der Waals surface area contributed by atoms with Crippen LogP contribution in [-0.2, 0) is 0 Å². The average Bonchev–Trinajstić information content (AvgIpc) is 1.63. The summed E-state index contributed by atoms with van der Waals surface area (Å²) in [5.74, 6) is 0. The molecule has 6 heteroatoms. The molecule has 0 rings (SSSR count). The van der Waals surface area contributed by atoms with Crippen molar-refractivity contribution in [3.63, 3.8) is 0 Å². The molecule has 0 atom stereocenters. The number of rotatable bonds is 3. The number of hydrogen-bond acceptors (Lipinski definition) is 3. The predicted octanol–water partition coefficient (Wildman–Crippen LogP) is -1.87. The summed E-state index contributed by atoms with van der Waals surface area (Å²) in [4.78, 5) is 9.93. The van der Waals surface area contributed by atoms with Gasteiger partial charge in [0, 0.05) is 6.54 Å². The number of urea groups is 1. The second kappa shape index (κ2) is 4.17.